The minimum absolute atomic E-state index is 0.0820. The van der Waals surface area contributed by atoms with Gasteiger partial charge in [-0.3, -0.25) is 14.4 Å². The first-order valence-electron chi connectivity index (χ1n) is 11.7. The summed E-state index contributed by atoms with van der Waals surface area (Å²) in [6.07, 6.45) is 0.728. The van der Waals surface area contributed by atoms with Crippen LogP contribution in [-0.2, 0) is 16.0 Å². The third-order valence-corrected chi connectivity index (χ3v) is 6.96. The zero-order chi connectivity index (χ0) is 25.3. The van der Waals surface area contributed by atoms with E-state index in [0.29, 0.717) is 18.8 Å². The number of fused-ring (bicyclic) bond motifs is 3. The van der Waals surface area contributed by atoms with Crippen molar-refractivity contribution < 1.29 is 9.53 Å². The van der Waals surface area contributed by atoms with E-state index in [1.807, 2.05) is 32.3 Å². The number of carbonyl (C=O) groups is 1. The second-order valence-electron chi connectivity index (χ2n) is 9.62. The Bertz CT molecular complexity index is 1350. The number of esters is 1. The maximum Gasteiger partial charge on any atom is 0.308 e. The number of nitrogens with zero attached hydrogens (tertiary/aromatic N) is 4. The fraction of sp³-hybridized carbons (Fsp3) is 0.407. The van der Waals surface area contributed by atoms with Crippen molar-refractivity contribution in [3.63, 3.8) is 0 Å². The van der Waals surface area contributed by atoms with Gasteiger partial charge in [0, 0.05) is 22.4 Å². The van der Waals surface area contributed by atoms with Crippen LogP contribution < -0.4 is 5.73 Å². The number of carbonyl (C=O) groups excluding carboxylic acids is 1. The summed E-state index contributed by atoms with van der Waals surface area (Å²) in [6, 6.07) is 7.75. The van der Waals surface area contributed by atoms with Crippen LogP contribution in [0.15, 0.2) is 29.3 Å². The van der Waals surface area contributed by atoms with Gasteiger partial charge in [0.05, 0.1) is 18.7 Å². The van der Waals surface area contributed by atoms with Gasteiger partial charge in [0.25, 0.3) is 0 Å². The lowest BCUT2D eigenvalue weighted by Crippen LogP contribution is -2.25. The molecule has 1 aliphatic rings. The molecule has 7 nitrogen and oxygen atoms in total. The second kappa shape index (κ2) is 9.76. The third kappa shape index (κ3) is 5.21. The van der Waals surface area contributed by atoms with Crippen LogP contribution in [-0.4, -0.2) is 38.6 Å². The molecule has 2 N–H and O–H groups in total. The Balaban J connectivity index is 1.83. The first kappa shape index (κ1) is 24.8. The Morgan fingerprint density at radius 1 is 1.14 bits per heavy atom. The summed E-state index contributed by atoms with van der Waals surface area (Å²) < 4.78 is 7.67. The maximum absolute atomic E-state index is 12.8. The van der Waals surface area contributed by atoms with Crippen molar-refractivity contribution in [1.82, 2.24) is 14.8 Å². The molecule has 1 atom stereocenters. The normalized spacial score (nSPS) is 14.8. The van der Waals surface area contributed by atoms with E-state index in [2.05, 4.69) is 60.2 Å². The standard InChI is InChI=1S/C27H31N5O2S/c1-16-17(2)35-26-23(16)24(20-12-10-19(11-13-20)9-7-8-14-28)29-21(15-22(33)34-27(4,5)6)25-31-30-18(3)32(25)26/h10-13,21H,9,14-15,28H2,1-6H3/t21-/m1/s1. The van der Waals surface area contributed by atoms with Gasteiger partial charge in [-0.2, -0.15) is 0 Å². The largest absolute Gasteiger partial charge is 0.460 e. The van der Waals surface area contributed by atoms with Gasteiger partial charge in [-0.1, -0.05) is 36.1 Å². The first-order chi connectivity index (χ1) is 16.6. The molecular formula is C27H31N5O2S. The van der Waals surface area contributed by atoms with Gasteiger partial charge in [0.1, 0.15) is 22.5 Å². The number of hydrogen-bond donors (Lipinski definition) is 1. The molecule has 8 heteroatoms. The predicted octanol–water partition coefficient (Wildman–Crippen LogP) is 4.38. The highest BCUT2D eigenvalue weighted by Gasteiger charge is 2.33. The molecule has 0 aliphatic carbocycles. The predicted molar refractivity (Wildman–Crippen MR) is 139 cm³/mol. The molecule has 1 aliphatic heterocycles. The van der Waals surface area contributed by atoms with Crippen LogP contribution >= 0.6 is 11.3 Å². The molecule has 3 heterocycles. The highest BCUT2D eigenvalue weighted by Crippen LogP contribution is 2.39. The van der Waals surface area contributed by atoms with Gasteiger partial charge in [0.2, 0.25) is 0 Å². The summed E-state index contributed by atoms with van der Waals surface area (Å²) in [5, 5.41) is 9.81. The quantitative estimate of drug-likeness (QED) is 0.433. The SMILES string of the molecule is Cc1sc2c(c1C)C(c1ccc(CC#CCN)cc1)=N[C@H](CC(=O)OC(C)(C)C)c1nnc(C)n1-2. The number of aliphatic imine (C=N–C) groups is 1. The average Bonchev–Trinajstić information content (AvgIpc) is 3.25. The van der Waals surface area contributed by atoms with Gasteiger partial charge in [0.15, 0.2) is 5.82 Å². The molecule has 0 fully saturated rings. The number of thiophene rings is 1. The number of aromatic nitrogens is 3. The molecule has 0 bridgehead atoms. The molecule has 35 heavy (non-hydrogen) atoms. The van der Waals surface area contributed by atoms with E-state index in [1.165, 1.54) is 10.4 Å². The van der Waals surface area contributed by atoms with Crippen LogP contribution in [0.5, 0.6) is 0 Å². The third-order valence-electron chi connectivity index (χ3n) is 5.77. The molecule has 0 radical (unpaired) electrons. The van der Waals surface area contributed by atoms with Crippen LogP contribution in [0, 0.1) is 32.6 Å². The average molecular weight is 490 g/mol. The molecule has 1 aromatic carbocycles. The van der Waals surface area contributed by atoms with Crippen molar-refractivity contribution in [3.05, 3.63) is 63.0 Å². The molecule has 3 aromatic rings. The molecule has 0 saturated carbocycles. The summed E-state index contributed by atoms with van der Waals surface area (Å²) in [5.41, 5.74) is 10.1. The lowest BCUT2D eigenvalue weighted by molar-refractivity contribution is -0.155. The summed E-state index contributed by atoms with van der Waals surface area (Å²) in [6.45, 7) is 12.1. The monoisotopic (exact) mass is 489 g/mol. The van der Waals surface area contributed by atoms with Gasteiger partial charge < -0.3 is 10.5 Å². The molecule has 4 rings (SSSR count). The molecule has 0 amide bonds. The van der Waals surface area contributed by atoms with Crippen LogP contribution in [0.1, 0.15) is 72.0 Å². The summed E-state index contributed by atoms with van der Waals surface area (Å²) in [4.78, 5) is 19.2. The number of ether oxygens (including phenoxy) is 1. The van der Waals surface area contributed by atoms with E-state index >= 15 is 0 Å². The Labute approximate surface area is 210 Å². The molecular weight excluding hydrogens is 458 g/mol. The minimum Gasteiger partial charge on any atom is -0.460 e. The second-order valence-corrected chi connectivity index (χ2v) is 10.8. The van der Waals surface area contributed by atoms with E-state index in [0.717, 1.165) is 33.2 Å². The van der Waals surface area contributed by atoms with E-state index in [9.17, 15) is 4.79 Å². The fourth-order valence-corrected chi connectivity index (χ4v) is 5.30. The van der Waals surface area contributed by atoms with Crippen molar-refractivity contribution >= 4 is 23.0 Å². The number of nitrogens with two attached hydrogens (primary N) is 1. The van der Waals surface area contributed by atoms with Gasteiger partial charge in [-0.15, -0.1) is 21.5 Å². The molecule has 2 aromatic heterocycles. The fourth-order valence-electron chi connectivity index (χ4n) is 4.08. The van der Waals surface area contributed by atoms with E-state index in [4.69, 9.17) is 15.5 Å². The summed E-state index contributed by atoms with van der Waals surface area (Å²) >= 11 is 1.69. The lowest BCUT2D eigenvalue weighted by atomic mass is 9.98. The number of rotatable bonds is 4. The maximum atomic E-state index is 12.8. The Morgan fingerprint density at radius 2 is 1.86 bits per heavy atom. The van der Waals surface area contributed by atoms with E-state index in [-0.39, 0.29) is 12.4 Å². The zero-order valence-electron chi connectivity index (χ0n) is 21.1. The smallest absolute Gasteiger partial charge is 0.308 e. The Morgan fingerprint density at radius 3 is 2.51 bits per heavy atom. The van der Waals surface area contributed by atoms with Crippen molar-refractivity contribution in [2.24, 2.45) is 10.7 Å². The lowest BCUT2D eigenvalue weighted by Gasteiger charge is -2.21. The number of hydrogen-bond acceptors (Lipinski definition) is 7. The summed E-state index contributed by atoms with van der Waals surface area (Å²) in [5.74, 6) is 7.08. The zero-order valence-corrected chi connectivity index (χ0v) is 21.9. The van der Waals surface area contributed by atoms with E-state index in [1.54, 1.807) is 11.3 Å². The first-order valence-corrected chi connectivity index (χ1v) is 12.5. The highest BCUT2D eigenvalue weighted by atomic mass is 32.1. The topological polar surface area (TPSA) is 95.4 Å². The van der Waals surface area contributed by atoms with Crippen molar-refractivity contribution in [2.75, 3.05) is 6.54 Å². The van der Waals surface area contributed by atoms with Gasteiger partial charge in [-0.25, -0.2) is 0 Å². The molecule has 0 unspecified atom stereocenters. The van der Waals surface area contributed by atoms with Gasteiger partial charge >= 0.3 is 5.97 Å². The number of benzene rings is 1. The van der Waals surface area contributed by atoms with Crippen LogP contribution in [0.4, 0.5) is 0 Å². The summed E-state index contributed by atoms with van der Waals surface area (Å²) in [7, 11) is 0. The molecule has 182 valence electrons. The van der Waals surface area contributed by atoms with E-state index < -0.39 is 11.6 Å². The molecule has 0 saturated heterocycles. The van der Waals surface area contributed by atoms with Crippen LogP contribution in [0.25, 0.3) is 5.00 Å². The van der Waals surface area contributed by atoms with Crippen molar-refractivity contribution in [1.29, 1.82) is 0 Å². The number of aryl methyl sites for hydroxylation is 2. The van der Waals surface area contributed by atoms with Crippen molar-refractivity contribution in [3.8, 4) is 16.8 Å². The van der Waals surface area contributed by atoms with Crippen LogP contribution in [0.2, 0.25) is 0 Å². The van der Waals surface area contributed by atoms with Gasteiger partial charge in [-0.05, 0) is 52.7 Å². The Kier molecular flexibility index (Phi) is 6.93. The highest BCUT2D eigenvalue weighted by molar-refractivity contribution is 7.15. The van der Waals surface area contributed by atoms with Crippen LogP contribution in [0.3, 0.4) is 0 Å². The molecule has 0 spiro atoms. The minimum atomic E-state index is -0.577. The van der Waals surface area contributed by atoms with Crippen molar-refractivity contribution in [2.45, 2.75) is 66.0 Å². The Hall–Kier alpha value is -3.28.